The van der Waals surface area contributed by atoms with Crippen LogP contribution in [0.15, 0.2) is 18.2 Å². The number of anilines is 1. The van der Waals surface area contributed by atoms with E-state index in [9.17, 15) is 13.2 Å². The molecule has 0 bridgehead atoms. The van der Waals surface area contributed by atoms with Gasteiger partial charge in [-0.2, -0.15) is 0 Å². The molecular weight excluding hydrogens is 324 g/mol. The number of carbonyl (C=O) groups is 1. The maximum atomic E-state index is 12.0. The summed E-state index contributed by atoms with van der Waals surface area (Å²) in [6.07, 6.45) is 1.22. The number of aryl methyl sites for hydroxylation is 1. The summed E-state index contributed by atoms with van der Waals surface area (Å²) < 4.78 is 25.1. The van der Waals surface area contributed by atoms with E-state index in [0.717, 1.165) is 11.8 Å². The molecule has 124 valence electrons. The second-order valence-electron chi connectivity index (χ2n) is 5.72. The predicted molar refractivity (Wildman–Crippen MR) is 90.8 cm³/mol. The summed E-state index contributed by atoms with van der Waals surface area (Å²) in [7, 11) is -3.48. The van der Waals surface area contributed by atoms with Gasteiger partial charge in [-0.15, -0.1) is 0 Å². The van der Waals surface area contributed by atoms with E-state index in [1.807, 2.05) is 20.8 Å². The Kier molecular flexibility index (Phi) is 6.68. The average Bonchev–Trinajstić information content (AvgIpc) is 2.39. The van der Waals surface area contributed by atoms with Crippen molar-refractivity contribution in [3.8, 4) is 0 Å². The maximum Gasteiger partial charge on any atom is 0.232 e. The molecule has 1 N–H and O–H groups in total. The molecular formula is C15H23ClN2O3S. The van der Waals surface area contributed by atoms with E-state index < -0.39 is 10.0 Å². The van der Waals surface area contributed by atoms with Crippen LogP contribution in [-0.2, 0) is 14.8 Å². The van der Waals surface area contributed by atoms with Gasteiger partial charge in [0.15, 0.2) is 0 Å². The smallest absolute Gasteiger partial charge is 0.232 e. The summed E-state index contributed by atoms with van der Waals surface area (Å²) in [6.45, 7) is 6.50. The quantitative estimate of drug-likeness (QED) is 0.825. The standard InChI is InChI=1S/C15H23ClN2O3S/c1-11(2)10-17-15(19)7-8-18(22(4,20)21)13-6-5-12(3)14(16)9-13/h5-6,9,11H,7-8,10H2,1-4H3,(H,17,19). The lowest BCUT2D eigenvalue weighted by Gasteiger charge is -2.22. The number of hydrogen-bond donors (Lipinski definition) is 1. The van der Waals surface area contributed by atoms with Gasteiger partial charge in [0.1, 0.15) is 0 Å². The number of nitrogens with one attached hydrogen (secondary N) is 1. The molecule has 1 aromatic carbocycles. The Balaban J connectivity index is 2.83. The molecule has 0 unspecified atom stereocenters. The summed E-state index contributed by atoms with van der Waals surface area (Å²) >= 11 is 6.05. The van der Waals surface area contributed by atoms with Crippen molar-refractivity contribution in [2.75, 3.05) is 23.7 Å². The van der Waals surface area contributed by atoms with Crippen LogP contribution in [0.3, 0.4) is 0 Å². The van der Waals surface area contributed by atoms with Crippen molar-refractivity contribution in [2.45, 2.75) is 27.2 Å². The van der Waals surface area contributed by atoms with E-state index in [1.165, 1.54) is 4.31 Å². The van der Waals surface area contributed by atoms with Gasteiger partial charge in [-0.1, -0.05) is 31.5 Å². The molecule has 0 aliphatic carbocycles. The molecule has 0 saturated carbocycles. The van der Waals surface area contributed by atoms with Crippen molar-refractivity contribution in [3.63, 3.8) is 0 Å². The fourth-order valence-electron chi connectivity index (χ4n) is 1.83. The van der Waals surface area contributed by atoms with Crippen LogP contribution in [0.5, 0.6) is 0 Å². The van der Waals surface area contributed by atoms with Crippen molar-refractivity contribution < 1.29 is 13.2 Å². The second-order valence-corrected chi connectivity index (χ2v) is 8.03. The molecule has 0 saturated heterocycles. The van der Waals surface area contributed by atoms with E-state index in [1.54, 1.807) is 18.2 Å². The molecule has 5 nitrogen and oxygen atoms in total. The molecule has 1 aromatic rings. The van der Waals surface area contributed by atoms with E-state index in [2.05, 4.69) is 5.32 Å². The minimum absolute atomic E-state index is 0.0855. The highest BCUT2D eigenvalue weighted by molar-refractivity contribution is 7.92. The van der Waals surface area contributed by atoms with Gasteiger partial charge in [0.05, 0.1) is 11.9 Å². The van der Waals surface area contributed by atoms with Crippen LogP contribution in [0, 0.1) is 12.8 Å². The molecule has 7 heteroatoms. The Bertz CT molecular complexity index is 630. The number of halogens is 1. The van der Waals surface area contributed by atoms with Crippen molar-refractivity contribution in [2.24, 2.45) is 5.92 Å². The molecule has 0 aliphatic rings. The second kappa shape index (κ2) is 7.83. The fraction of sp³-hybridized carbons (Fsp3) is 0.533. The Morgan fingerprint density at radius 1 is 1.36 bits per heavy atom. The Hall–Kier alpha value is -1.27. The van der Waals surface area contributed by atoms with Crippen LogP contribution in [0.25, 0.3) is 0 Å². The Labute approximate surface area is 137 Å². The minimum atomic E-state index is -3.48. The van der Waals surface area contributed by atoms with Crippen LogP contribution in [-0.4, -0.2) is 33.7 Å². The van der Waals surface area contributed by atoms with Gasteiger partial charge >= 0.3 is 0 Å². The number of hydrogen-bond acceptors (Lipinski definition) is 3. The van der Waals surface area contributed by atoms with Gasteiger partial charge in [-0.3, -0.25) is 9.10 Å². The van der Waals surface area contributed by atoms with Crippen molar-refractivity contribution >= 4 is 33.2 Å². The van der Waals surface area contributed by atoms with Gasteiger partial charge in [0.2, 0.25) is 15.9 Å². The number of nitrogens with zero attached hydrogens (tertiary/aromatic N) is 1. The van der Waals surface area contributed by atoms with Crippen molar-refractivity contribution in [3.05, 3.63) is 28.8 Å². The summed E-state index contributed by atoms with van der Waals surface area (Å²) in [4.78, 5) is 11.8. The van der Waals surface area contributed by atoms with E-state index in [0.29, 0.717) is 23.2 Å². The summed E-state index contributed by atoms with van der Waals surface area (Å²) in [5.74, 6) is 0.187. The first kappa shape index (κ1) is 18.8. The van der Waals surface area contributed by atoms with Gasteiger partial charge in [-0.05, 0) is 30.5 Å². The number of carbonyl (C=O) groups excluding carboxylic acids is 1. The van der Waals surface area contributed by atoms with Gasteiger partial charge in [0, 0.05) is 24.5 Å². The number of benzene rings is 1. The molecule has 1 amide bonds. The molecule has 0 radical (unpaired) electrons. The zero-order valence-corrected chi connectivity index (χ0v) is 15.0. The zero-order chi connectivity index (χ0) is 16.9. The first-order chi connectivity index (χ1) is 10.1. The lowest BCUT2D eigenvalue weighted by atomic mass is 10.2. The Morgan fingerprint density at radius 2 is 2.00 bits per heavy atom. The minimum Gasteiger partial charge on any atom is -0.356 e. The molecule has 0 aromatic heterocycles. The number of amides is 1. The van der Waals surface area contributed by atoms with Gasteiger partial charge in [-0.25, -0.2) is 8.42 Å². The molecule has 0 aliphatic heterocycles. The van der Waals surface area contributed by atoms with Crippen LogP contribution >= 0.6 is 11.6 Å². The van der Waals surface area contributed by atoms with E-state index in [-0.39, 0.29) is 18.9 Å². The monoisotopic (exact) mass is 346 g/mol. The normalized spacial score (nSPS) is 11.5. The summed E-state index contributed by atoms with van der Waals surface area (Å²) in [6, 6.07) is 5.05. The van der Waals surface area contributed by atoms with Crippen molar-refractivity contribution in [1.82, 2.24) is 5.32 Å². The largest absolute Gasteiger partial charge is 0.356 e. The van der Waals surface area contributed by atoms with E-state index >= 15 is 0 Å². The molecule has 22 heavy (non-hydrogen) atoms. The lowest BCUT2D eigenvalue weighted by Crippen LogP contribution is -2.35. The van der Waals surface area contributed by atoms with Gasteiger partial charge in [0.25, 0.3) is 0 Å². The first-order valence-corrected chi connectivity index (χ1v) is 9.34. The molecule has 0 spiro atoms. The topological polar surface area (TPSA) is 66.5 Å². The lowest BCUT2D eigenvalue weighted by molar-refractivity contribution is -0.121. The van der Waals surface area contributed by atoms with Crippen molar-refractivity contribution in [1.29, 1.82) is 0 Å². The highest BCUT2D eigenvalue weighted by Crippen LogP contribution is 2.25. The highest BCUT2D eigenvalue weighted by atomic mass is 35.5. The zero-order valence-electron chi connectivity index (χ0n) is 13.4. The van der Waals surface area contributed by atoms with Crippen LogP contribution in [0.1, 0.15) is 25.8 Å². The fourth-order valence-corrected chi connectivity index (χ4v) is 2.93. The Morgan fingerprint density at radius 3 is 2.50 bits per heavy atom. The highest BCUT2D eigenvalue weighted by Gasteiger charge is 2.19. The van der Waals surface area contributed by atoms with Crippen LogP contribution in [0.4, 0.5) is 5.69 Å². The molecule has 0 heterocycles. The van der Waals surface area contributed by atoms with Crippen LogP contribution in [0.2, 0.25) is 5.02 Å². The average molecular weight is 347 g/mol. The third-order valence-electron chi connectivity index (χ3n) is 3.09. The molecule has 1 rings (SSSR count). The predicted octanol–water partition coefficient (Wildman–Crippen LogP) is 2.58. The SMILES string of the molecule is Cc1ccc(N(CCC(=O)NCC(C)C)S(C)(=O)=O)cc1Cl. The van der Waals surface area contributed by atoms with E-state index in [4.69, 9.17) is 11.6 Å². The first-order valence-electron chi connectivity index (χ1n) is 7.12. The third-order valence-corrected chi connectivity index (χ3v) is 4.69. The van der Waals surface area contributed by atoms with Gasteiger partial charge < -0.3 is 5.32 Å². The molecule has 0 atom stereocenters. The maximum absolute atomic E-state index is 12.0. The molecule has 0 fully saturated rings. The summed E-state index contributed by atoms with van der Waals surface area (Å²) in [5, 5.41) is 3.27. The van der Waals surface area contributed by atoms with Crippen LogP contribution < -0.4 is 9.62 Å². The third kappa shape index (κ3) is 5.85. The summed E-state index contributed by atoms with van der Waals surface area (Å²) in [5.41, 5.74) is 1.34. The number of sulfonamides is 1. The number of rotatable bonds is 7.